The number of methoxy groups -OCH3 is 2. The van der Waals surface area contributed by atoms with Crippen LogP contribution in [0, 0.1) is 0 Å². The molecule has 0 bridgehead atoms. The van der Waals surface area contributed by atoms with Crippen molar-refractivity contribution < 1.29 is 14.2 Å². The molecule has 1 heterocycles. The predicted octanol–water partition coefficient (Wildman–Crippen LogP) is 4.36. The van der Waals surface area contributed by atoms with Crippen LogP contribution in [-0.2, 0) is 0 Å². The van der Waals surface area contributed by atoms with Gasteiger partial charge in [0.05, 0.1) is 37.9 Å². The topological polar surface area (TPSA) is 74.9 Å². The van der Waals surface area contributed by atoms with Gasteiger partial charge in [-0.2, -0.15) is 9.78 Å². The predicted molar refractivity (Wildman–Crippen MR) is 125 cm³/mol. The first kappa shape index (κ1) is 21.1. The van der Waals surface area contributed by atoms with Crippen molar-refractivity contribution in [2.24, 2.45) is 5.10 Å². The molecule has 7 heteroatoms. The van der Waals surface area contributed by atoms with Gasteiger partial charge < -0.3 is 14.2 Å². The van der Waals surface area contributed by atoms with Gasteiger partial charge in [0, 0.05) is 11.1 Å². The first-order valence-corrected chi connectivity index (χ1v) is 10.2. The lowest BCUT2D eigenvalue weighted by Crippen LogP contribution is -2.20. The molecule has 0 saturated heterocycles. The minimum atomic E-state index is -0.254. The van der Waals surface area contributed by atoms with Crippen LogP contribution < -0.4 is 19.8 Å². The molecular weight excluding hydrogens is 406 g/mol. The molecule has 0 saturated carbocycles. The number of fused-ring (bicyclic) bond motifs is 1. The van der Waals surface area contributed by atoms with Crippen molar-refractivity contribution in [1.82, 2.24) is 9.66 Å². The van der Waals surface area contributed by atoms with E-state index in [0.717, 1.165) is 5.56 Å². The van der Waals surface area contributed by atoms with Gasteiger partial charge in [-0.05, 0) is 31.2 Å². The molecule has 7 nitrogen and oxygen atoms in total. The summed E-state index contributed by atoms with van der Waals surface area (Å²) in [5.74, 6) is 2.00. The van der Waals surface area contributed by atoms with E-state index in [2.05, 4.69) is 5.10 Å². The molecule has 0 unspecified atom stereocenters. The minimum Gasteiger partial charge on any atom is -0.493 e. The van der Waals surface area contributed by atoms with Gasteiger partial charge in [-0.3, -0.25) is 4.79 Å². The van der Waals surface area contributed by atoms with Crippen molar-refractivity contribution in [3.63, 3.8) is 0 Å². The van der Waals surface area contributed by atoms with E-state index in [9.17, 15) is 4.79 Å². The quantitative estimate of drug-likeness (QED) is 0.408. The Hall–Kier alpha value is -4.13. The molecule has 162 valence electrons. The van der Waals surface area contributed by atoms with Crippen LogP contribution in [-0.4, -0.2) is 36.7 Å². The Morgan fingerprint density at radius 1 is 0.969 bits per heavy atom. The van der Waals surface area contributed by atoms with Crippen LogP contribution in [0.5, 0.6) is 17.2 Å². The van der Waals surface area contributed by atoms with Crippen LogP contribution in [0.2, 0.25) is 0 Å². The van der Waals surface area contributed by atoms with Gasteiger partial charge >= 0.3 is 0 Å². The molecule has 4 aromatic rings. The summed E-state index contributed by atoms with van der Waals surface area (Å²) in [6, 6.07) is 20.3. The minimum absolute atomic E-state index is 0.254. The van der Waals surface area contributed by atoms with Crippen LogP contribution in [0.25, 0.3) is 22.3 Å². The lowest BCUT2D eigenvalue weighted by atomic mass is 10.2. The maximum atomic E-state index is 13.3. The number of nitrogens with zero attached hydrogens (tertiary/aromatic N) is 3. The first-order valence-electron chi connectivity index (χ1n) is 10.2. The Morgan fingerprint density at radius 3 is 2.28 bits per heavy atom. The second kappa shape index (κ2) is 9.34. The highest BCUT2D eigenvalue weighted by molar-refractivity contribution is 5.83. The largest absolute Gasteiger partial charge is 0.493 e. The Labute approximate surface area is 185 Å². The maximum absolute atomic E-state index is 13.3. The van der Waals surface area contributed by atoms with Crippen molar-refractivity contribution in [3.8, 4) is 28.6 Å². The normalized spacial score (nSPS) is 11.1. The highest BCUT2D eigenvalue weighted by Crippen LogP contribution is 2.38. The Kier molecular flexibility index (Phi) is 6.17. The smallest absolute Gasteiger partial charge is 0.282 e. The van der Waals surface area contributed by atoms with Gasteiger partial charge in [0.2, 0.25) is 5.75 Å². The summed E-state index contributed by atoms with van der Waals surface area (Å²) in [6.45, 7) is 2.36. The van der Waals surface area contributed by atoms with E-state index < -0.39 is 0 Å². The third-order valence-corrected chi connectivity index (χ3v) is 4.88. The molecule has 0 amide bonds. The molecule has 0 radical (unpaired) electrons. The second-order valence-corrected chi connectivity index (χ2v) is 6.87. The van der Waals surface area contributed by atoms with Gasteiger partial charge in [-0.1, -0.05) is 42.5 Å². The zero-order valence-corrected chi connectivity index (χ0v) is 18.1. The average molecular weight is 429 g/mol. The van der Waals surface area contributed by atoms with Crippen LogP contribution in [0.3, 0.4) is 0 Å². The molecule has 0 aliphatic rings. The molecule has 0 aliphatic heterocycles. The Bertz CT molecular complexity index is 1310. The number of benzene rings is 3. The molecule has 1 aromatic heterocycles. The number of ether oxygens (including phenoxy) is 3. The van der Waals surface area contributed by atoms with Crippen molar-refractivity contribution >= 4 is 17.1 Å². The molecule has 0 N–H and O–H groups in total. The van der Waals surface area contributed by atoms with E-state index in [1.807, 2.05) is 55.5 Å². The van der Waals surface area contributed by atoms with E-state index in [1.54, 1.807) is 38.6 Å². The van der Waals surface area contributed by atoms with E-state index >= 15 is 0 Å². The molecule has 0 spiro atoms. The number of hydrogen-bond donors (Lipinski definition) is 0. The lowest BCUT2D eigenvalue weighted by Gasteiger charge is -2.14. The van der Waals surface area contributed by atoms with Gasteiger partial charge in [0.25, 0.3) is 5.56 Å². The summed E-state index contributed by atoms with van der Waals surface area (Å²) in [5.41, 5.74) is 1.83. The Balaban J connectivity index is 1.87. The van der Waals surface area contributed by atoms with Crippen LogP contribution in [0.1, 0.15) is 12.5 Å². The van der Waals surface area contributed by atoms with Crippen LogP contribution in [0.15, 0.2) is 76.6 Å². The summed E-state index contributed by atoms with van der Waals surface area (Å²) in [4.78, 5) is 18.0. The van der Waals surface area contributed by atoms with Crippen molar-refractivity contribution in [1.29, 1.82) is 0 Å². The summed E-state index contributed by atoms with van der Waals surface area (Å²) >= 11 is 0. The van der Waals surface area contributed by atoms with Gasteiger partial charge in [-0.15, -0.1) is 0 Å². The van der Waals surface area contributed by atoms with E-state index in [0.29, 0.717) is 46.1 Å². The van der Waals surface area contributed by atoms with Crippen molar-refractivity contribution in [2.75, 3.05) is 20.8 Å². The summed E-state index contributed by atoms with van der Waals surface area (Å²) in [5, 5.41) is 4.99. The molecule has 0 fully saturated rings. The fraction of sp³-hybridized carbons (Fsp3) is 0.160. The number of aromatic nitrogens is 2. The SMILES string of the molecule is CCOc1c(OC)cc(C=Nn2c(-c3ccccc3)nc3ccccc3c2=O)cc1OC. The monoisotopic (exact) mass is 429 g/mol. The molecule has 3 aromatic carbocycles. The zero-order chi connectivity index (χ0) is 22.5. The highest BCUT2D eigenvalue weighted by atomic mass is 16.5. The maximum Gasteiger partial charge on any atom is 0.282 e. The zero-order valence-electron chi connectivity index (χ0n) is 18.1. The highest BCUT2D eigenvalue weighted by Gasteiger charge is 2.15. The van der Waals surface area contributed by atoms with Gasteiger partial charge in [0.1, 0.15) is 0 Å². The van der Waals surface area contributed by atoms with Crippen molar-refractivity contribution in [2.45, 2.75) is 6.92 Å². The van der Waals surface area contributed by atoms with E-state index in [4.69, 9.17) is 19.2 Å². The van der Waals surface area contributed by atoms with Gasteiger partial charge in [-0.25, -0.2) is 4.98 Å². The first-order chi connectivity index (χ1) is 15.7. The summed E-state index contributed by atoms with van der Waals surface area (Å²) in [7, 11) is 3.12. The summed E-state index contributed by atoms with van der Waals surface area (Å²) in [6.07, 6.45) is 1.57. The van der Waals surface area contributed by atoms with Crippen molar-refractivity contribution in [3.05, 3.63) is 82.6 Å². The van der Waals surface area contributed by atoms with Crippen LogP contribution >= 0.6 is 0 Å². The summed E-state index contributed by atoms with van der Waals surface area (Å²) < 4.78 is 17.9. The standard InChI is InChI=1S/C25H23N3O4/c1-4-32-23-21(30-2)14-17(15-22(23)31-3)16-26-28-24(18-10-6-5-7-11-18)27-20-13-9-8-12-19(20)25(28)29/h5-16H,4H2,1-3H3. The Morgan fingerprint density at radius 2 is 1.62 bits per heavy atom. The molecule has 0 aliphatic carbocycles. The van der Waals surface area contributed by atoms with E-state index in [1.165, 1.54) is 4.68 Å². The second-order valence-electron chi connectivity index (χ2n) is 6.87. The molecular formula is C25H23N3O4. The lowest BCUT2D eigenvalue weighted by molar-refractivity contribution is 0.288. The third-order valence-electron chi connectivity index (χ3n) is 4.88. The molecule has 0 atom stereocenters. The number of rotatable bonds is 7. The third kappa shape index (κ3) is 4.05. The van der Waals surface area contributed by atoms with Gasteiger partial charge in [0.15, 0.2) is 17.3 Å². The fourth-order valence-electron chi connectivity index (χ4n) is 3.39. The van der Waals surface area contributed by atoms with Crippen LogP contribution in [0.4, 0.5) is 0 Å². The van der Waals surface area contributed by atoms with E-state index in [-0.39, 0.29) is 5.56 Å². The number of para-hydroxylation sites is 1. The number of hydrogen-bond acceptors (Lipinski definition) is 6. The fourth-order valence-corrected chi connectivity index (χ4v) is 3.39. The molecule has 32 heavy (non-hydrogen) atoms. The average Bonchev–Trinajstić information content (AvgIpc) is 2.84. The molecule has 4 rings (SSSR count).